The van der Waals surface area contributed by atoms with Crippen molar-refractivity contribution >= 4 is 22.4 Å². The molecule has 0 aliphatic heterocycles. The SMILES string of the molecule is c1csc(CCOn2nnc3ccccc32)c1. The normalized spacial score (nSPS) is 10.8. The van der Waals surface area contributed by atoms with Crippen LogP contribution in [0.3, 0.4) is 0 Å². The summed E-state index contributed by atoms with van der Waals surface area (Å²) in [6, 6.07) is 11.9. The summed E-state index contributed by atoms with van der Waals surface area (Å²) < 4.78 is 0. The lowest BCUT2D eigenvalue weighted by atomic mass is 10.3. The molecule has 0 atom stereocenters. The number of thiophene rings is 1. The number of benzene rings is 1. The van der Waals surface area contributed by atoms with E-state index >= 15 is 0 Å². The highest BCUT2D eigenvalue weighted by Crippen LogP contribution is 2.10. The van der Waals surface area contributed by atoms with E-state index in [4.69, 9.17) is 4.84 Å². The van der Waals surface area contributed by atoms with Crippen LogP contribution in [0.1, 0.15) is 4.88 Å². The van der Waals surface area contributed by atoms with Gasteiger partial charge >= 0.3 is 0 Å². The van der Waals surface area contributed by atoms with Crippen molar-refractivity contribution in [2.24, 2.45) is 0 Å². The first kappa shape index (κ1) is 10.3. The van der Waals surface area contributed by atoms with Crippen molar-refractivity contribution in [2.75, 3.05) is 6.61 Å². The third-order valence-corrected chi connectivity index (χ3v) is 3.40. The van der Waals surface area contributed by atoms with E-state index in [0.717, 1.165) is 17.5 Å². The molecule has 5 heteroatoms. The minimum Gasteiger partial charge on any atom is -0.395 e. The quantitative estimate of drug-likeness (QED) is 0.707. The van der Waals surface area contributed by atoms with Crippen molar-refractivity contribution in [3.63, 3.8) is 0 Å². The lowest BCUT2D eigenvalue weighted by Gasteiger charge is -2.03. The molecular formula is C12H11N3OS. The van der Waals surface area contributed by atoms with Crippen LogP contribution >= 0.6 is 11.3 Å². The monoisotopic (exact) mass is 245 g/mol. The first-order valence-electron chi connectivity index (χ1n) is 5.39. The fraction of sp³-hybridized carbons (Fsp3) is 0.167. The summed E-state index contributed by atoms with van der Waals surface area (Å²) >= 11 is 1.74. The van der Waals surface area contributed by atoms with Gasteiger partial charge in [0.05, 0.1) is 0 Å². The van der Waals surface area contributed by atoms with E-state index < -0.39 is 0 Å². The lowest BCUT2D eigenvalue weighted by molar-refractivity contribution is 0.0901. The van der Waals surface area contributed by atoms with Gasteiger partial charge in [-0.1, -0.05) is 23.0 Å². The highest BCUT2D eigenvalue weighted by Gasteiger charge is 2.03. The molecule has 4 nitrogen and oxygen atoms in total. The Labute approximate surface area is 102 Å². The molecule has 17 heavy (non-hydrogen) atoms. The van der Waals surface area contributed by atoms with E-state index in [0.29, 0.717) is 6.61 Å². The van der Waals surface area contributed by atoms with Crippen molar-refractivity contribution in [2.45, 2.75) is 6.42 Å². The summed E-state index contributed by atoms with van der Waals surface area (Å²) in [5, 5.41) is 10.1. The molecule has 3 aromatic rings. The Balaban J connectivity index is 1.69. The molecule has 1 aromatic carbocycles. The molecule has 0 spiro atoms. The van der Waals surface area contributed by atoms with Crippen LogP contribution in [0.2, 0.25) is 0 Å². The van der Waals surface area contributed by atoms with Gasteiger partial charge in [0.15, 0.2) is 0 Å². The molecule has 0 amide bonds. The van der Waals surface area contributed by atoms with Crippen molar-refractivity contribution in [1.29, 1.82) is 0 Å². The van der Waals surface area contributed by atoms with Crippen LogP contribution in [-0.2, 0) is 6.42 Å². The number of hydrogen-bond donors (Lipinski definition) is 0. The van der Waals surface area contributed by atoms with Gasteiger partial charge in [0.25, 0.3) is 0 Å². The van der Waals surface area contributed by atoms with Crippen LogP contribution in [0.5, 0.6) is 0 Å². The topological polar surface area (TPSA) is 39.9 Å². The molecule has 0 saturated carbocycles. The van der Waals surface area contributed by atoms with Crippen molar-refractivity contribution < 1.29 is 4.84 Å². The molecule has 2 heterocycles. The Morgan fingerprint density at radius 1 is 1.18 bits per heavy atom. The molecule has 0 aliphatic rings. The maximum absolute atomic E-state index is 5.58. The number of hydrogen-bond acceptors (Lipinski definition) is 4. The highest BCUT2D eigenvalue weighted by atomic mass is 32.1. The molecule has 0 radical (unpaired) electrons. The summed E-state index contributed by atoms with van der Waals surface area (Å²) in [4.78, 5) is 8.39. The molecule has 0 N–H and O–H groups in total. The minimum atomic E-state index is 0.605. The van der Waals surface area contributed by atoms with Gasteiger partial charge in [-0.2, -0.15) is 0 Å². The van der Waals surface area contributed by atoms with E-state index in [-0.39, 0.29) is 0 Å². The first-order valence-corrected chi connectivity index (χ1v) is 6.27. The summed E-state index contributed by atoms with van der Waals surface area (Å²) in [7, 11) is 0. The van der Waals surface area contributed by atoms with Crippen LogP contribution in [0.25, 0.3) is 11.0 Å². The summed E-state index contributed by atoms with van der Waals surface area (Å²) in [5.74, 6) is 0. The summed E-state index contributed by atoms with van der Waals surface area (Å²) in [6.45, 7) is 0.605. The van der Waals surface area contributed by atoms with Gasteiger partial charge < -0.3 is 4.84 Å². The number of para-hydroxylation sites is 1. The van der Waals surface area contributed by atoms with Crippen molar-refractivity contribution in [3.05, 3.63) is 46.7 Å². The average Bonchev–Trinajstić information content (AvgIpc) is 2.99. The van der Waals surface area contributed by atoms with E-state index in [1.165, 1.54) is 9.72 Å². The Hall–Kier alpha value is -1.88. The molecule has 0 saturated heterocycles. The van der Waals surface area contributed by atoms with E-state index in [1.807, 2.05) is 30.3 Å². The zero-order valence-electron chi connectivity index (χ0n) is 9.11. The Kier molecular flexibility index (Phi) is 2.75. The zero-order valence-corrected chi connectivity index (χ0v) is 9.93. The molecule has 0 fully saturated rings. The fourth-order valence-electron chi connectivity index (χ4n) is 1.63. The van der Waals surface area contributed by atoms with E-state index in [1.54, 1.807) is 11.3 Å². The highest BCUT2D eigenvalue weighted by molar-refractivity contribution is 7.09. The maximum Gasteiger partial charge on any atom is 0.130 e. The number of aromatic nitrogens is 3. The number of rotatable bonds is 4. The van der Waals surface area contributed by atoms with E-state index in [2.05, 4.69) is 21.8 Å². The predicted molar refractivity (Wildman–Crippen MR) is 67.0 cm³/mol. The third-order valence-electron chi connectivity index (χ3n) is 2.46. The van der Waals surface area contributed by atoms with Crippen LogP contribution in [-0.4, -0.2) is 21.8 Å². The molecule has 3 rings (SSSR count). The van der Waals surface area contributed by atoms with Crippen molar-refractivity contribution in [1.82, 2.24) is 15.2 Å². The smallest absolute Gasteiger partial charge is 0.130 e. The van der Waals surface area contributed by atoms with Crippen LogP contribution in [0, 0.1) is 0 Å². The average molecular weight is 245 g/mol. The number of nitrogens with zero attached hydrogens (tertiary/aromatic N) is 3. The number of fused-ring (bicyclic) bond motifs is 1. The van der Waals surface area contributed by atoms with Crippen molar-refractivity contribution in [3.8, 4) is 0 Å². The van der Waals surface area contributed by atoms with E-state index in [9.17, 15) is 0 Å². The van der Waals surface area contributed by atoms with Gasteiger partial charge in [0, 0.05) is 11.3 Å². The largest absolute Gasteiger partial charge is 0.395 e. The summed E-state index contributed by atoms with van der Waals surface area (Å²) in [6.07, 6.45) is 0.895. The fourth-order valence-corrected chi connectivity index (χ4v) is 2.32. The second-order valence-electron chi connectivity index (χ2n) is 3.61. The molecule has 0 bridgehead atoms. The maximum atomic E-state index is 5.58. The predicted octanol–water partition coefficient (Wildman–Crippen LogP) is 2.16. The van der Waals surface area contributed by atoms with Gasteiger partial charge in [-0.05, 0) is 28.8 Å². The van der Waals surface area contributed by atoms with Gasteiger partial charge in [-0.15, -0.1) is 16.4 Å². The molecule has 2 aromatic heterocycles. The lowest BCUT2D eigenvalue weighted by Crippen LogP contribution is -2.15. The molecule has 0 unspecified atom stereocenters. The Morgan fingerprint density at radius 2 is 2.12 bits per heavy atom. The summed E-state index contributed by atoms with van der Waals surface area (Å²) in [5.41, 5.74) is 1.75. The van der Waals surface area contributed by atoms with Crippen LogP contribution < -0.4 is 4.84 Å². The second kappa shape index (κ2) is 4.55. The van der Waals surface area contributed by atoms with Gasteiger partial charge in [-0.25, -0.2) is 0 Å². The molecule has 0 aliphatic carbocycles. The van der Waals surface area contributed by atoms with Crippen LogP contribution in [0.15, 0.2) is 41.8 Å². The second-order valence-corrected chi connectivity index (χ2v) is 4.65. The van der Waals surface area contributed by atoms with Gasteiger partial charge in [-0.3, -0.25) is 0 Å². The van der Waals surface area contributed by atoms with Gasteiger partial charge in [0.1, 0.15) is 17.6 Å². The molecular weight excluding hydrogens is 234 g/mol. The Bertz CT molecular complexity index is 603. The third kappa shape index (κ3) is 2.14. The minimum absolute atomic E-state index is 0.605. The van der Waals surface area contributed by atoms with Gasteiger partial charge in [0.2, 0.25) is 0 Å². The zero-order chi connectivity index (χ0) is 11.5. The van der Waals surface area contributed by atoms with Crippen LogP contribution in [0.4, 0.5) is 0 Å². The first-order chi connectivity index (χ1) is 8.43. The Morgan fingerprint density at radius 3 is 3.00 bits per heavy atom. The standard InChI is InChI=1S/C12H11N3OS/c1-2-6-12-11(5-1)13-14-15(12)16-8-7-10-4-3-9-17-10/h1-6,9H,7-8H2. The molecule has 86 valence electrons.